The molecule has 1 saturated heterocycles. The summed E-state index contributed by atoms with van der Waals surface area (Å²) in [7, 11) is 0. The van der Waals surface area contributed by atoms with Gasteiger partial charge in [-0.1, -0.05) is 0 Å². The number of hydrogen-bond acceptors (Lipinski definition) is 3. The van der Waals surface area contributed by atoms with E-state index in [2.05, 4.69) is 0 Å². The van der Waals surface area contributed by atoms with Crippen LogP contribution in [0.25, 0.3) is 0 Å². The molecule has 1 fully saturated rings. The number of aliphatic hydroxyl groups is 1. The second-order valence-electron chi connectivity index (χ2n) is 5.13. The maximum atomic E-state index is 11.3. The van der Waals surface area contributed by atoms with Crippen molar-refractivity contribution < 1.29 is 19.5 Å². The van der Waals surface area contributed by atoms with Crippen molar-refractivity contribution in [2.75, 3.05) is 6.54 Å². The molecule has 82 valence electrons. The van der Waals surface area contributed by atoms with Gasteiger partial charge in [-0.25, -0.2) is 0 Å². The average molecular weight is 201 g/mol. The third-order valence-electron chi connectivity index (χ3n) is 3.55. The van der Waals surface area contributed by atoms with Gasteiger partial charge in [-0.05, 0) is 27.7 Å². The van der Waals surface area contributed by atoms with Crippen molar-refractivity contribution in [2.45, 2.75) is 51.8 Å². The molecule has 4 heteroatoms. The first-order valence-corrected chi connectivity index (χ1v) is 5.01. The Bertz CT molecular complexity index is 246. The standard InChI is InChI=1S/C10H19NO3/c1-7-8(12)5-6-11(7,9(13)14)10(2,3)4/h7-8,12H,5-6H2,1-4H3/t7-,8+,11?/m1/s1. The van der Waals surface area contributed by atoms with Crippen molar-refractivity contribution in [2.24, 2.45) is 0 Å². The Morgan fingerprint density at radius 3 is 2.14 bits per heavy atom. The van der Waals surface area contributed by atoms with Gasteiger partial charge in [-0.15, -0.1) is 0 Å². The smallest absolute Gasteiger partial charge is 0.258 e. The monoisotopic (exact) mass is 201 g/mol. The predicted molar refractivity (Wildman–Crippen MR) is 50.4 cm³/mol. The summed E-state index contributed by atoms with van der Waals surface area (Å²) in [6, 6.07) is -0.292. The quantitative estimate of drug-likeness (QED) is 0.565. The van der Waals surface area contributed by atoms with E-state index in [9.17, 15) is 15.0 Å². The largest absolute Gasteiger partial charge is 0.498 e. The molecule has 4 nitrogen and oxygen atoms in total. The topological polar surface area (TPSA) is 60.4 Å². The Hall–Kier alpha value is -0.610. The number of amides is 1. The van der Waals surface area contributed by atoms with Crippen LogP contribution in [-0.4, -0.2) is 39.9 Å². The molecule has 1 heterocycles. The highest BCUT2D eigenvalue weighted by Gasteiger charge is 2.53. The SMILES string of the molecule is C[C@@H]1[C@@H](O)CC[N+]1(C(=O)[O-])C(C)(C)C. The molecule has 0 saturated carbocycles. The second kappa shape index (κ2) is 3.21. The fourth-order valence-electron chi connectivity index (χ4n) is 2.55. The highest BCUT2D eigenvalue weighted by Crippen LogP contribution is 2.36. The number of likely N-dealkylation sites (tertiary alicyclic amines) is 1. The molecule has 0 aliphatic carbocycles. The highest BCUT2D eigenvalue weighted by molar-refractivity contribution is 5.55. The van der Waals surface area contributed by atoms with Crippen LogP contribution in [0.4, 0.5) is 4.79 Å². The summed E-state index contributed by atoms with van der Waals surface area (Å²) in [6.07, 6.45) is -1.08. The van der Waals surface area contributed by atoms with E-state index in [1.807, 2.05) is 20.8 Å². The Balaban J connectivity index is 3.14. The van der Waals surface area contributed by atoms with Crippen LogP contribution in [-0.2, 0) is 0 Å². The van der Waals surface area contributed by atoms with Crippen molar-refractivity contribution in [3.63, 3.8) is 0 Å². The zero-order valence-electron chi connectivity index (χ0n) is 9.28. The fourth-order valence-corrected chi connectivity index (χ4v) is 2.55. The van der Waals surface area contributed by atoms with E-state index >= 15 is 0 Å². The average Bonchev–Trinajstić information content (AvgIpc) is 2.28. The molecule has 1 amide bonds. The molecular formula is C10H19NO3. The zero-order valence-corrected chi connectivity index (χ0v) is 9.28. The fraction of sp³-hybridized carbons (Fsp3) is 0.900. The summed E-state index contributed by atoms with van der Waals surface area (Å²) in [6.45, 7) is 7.85. The first-order valence-electron chi connectivity index (χ1n) is 5.01. The van der Waals surface area contributed by atoms with Gasteiger partial charge in [0.1, 0.15) is 12.1 Å². The molecule has 0 aromatic heterocycles. The molecule has 1 aliphatic rings. The molecule has 3 atom stereocenters. The lowest BCUT2D eigenvalue weighted by molar-refractivity contribution is -0.929. The summed E-state index contributed by atoms with van der Waals surface area (Å²) in [5.41, 5.74) is -0.435. The zero-order chi connectivity index (χ0) is 11.1. The van der Waals surface area contributed by atoms with Crippen LogP contribution < -0.4 is 5.11 Å². The molecule has 1 rings (SSSR count). The maximum absolute atomic E-state index is 11.3. The van der Waals surface area contributed by atoms with Gasteiger partial charge in [0.15, 0.2) is 0 Å². The molecule has 0 spiro atoms. The van der Waals surface area contributed by atoms with Crippen LogP contribution in [0.2, 0.25) is 0 Å². The van der Waals surface area contributed by atoms with Crippen LogP contribution in [0.15, 0.2) is 0 Å². The molecule has 14 heavy (non-hydrogen) atoms. The Labute approximate surface area is 84.7 Å². The maximum Gasteiger partial charge on any atom is 0.258 e. The van der Waals surface area contributed by atoms with E-state index in [0.29, 0.717) is 13.0 Å². The predicted octanol–water partition coefficient (Wildman–Crippen LogP) is 0.0981. The molecule has 0 aromatic carbocycles. The minimum Gasteiger partial charge on any atom is -0.498 e. The molecule has 1 N–H and O–H groups in total. The lowest BCUT2D eigenvalue weighted by Crippen LogP contribution is -2.70. The molecular weight excluding hydrogens is 182 g/mol. The van der Waals surface area contributed by atoms with E-state index in [0.717, 1.165) is 0 Å². The summed E-state index contributed by atoms with van der Waals surface area (Å²) in [5, 5.41) is 20.9. The minimum atomic E-state index is -1.08. The molecule has 0 bridgehead atoms. The molecule has 1 unspecified atom stereocenters. The third kappa shape index (κ3) is 1.33. The van der Waals surface area contributed by atoms with Crippen molar-refractivity contribution in [1.82, 2.24) is 0 Å². The van der Waals surface area contributed by atoms with Gasteiger partial charge in [0, 0.05) is 6.42 Å². The third-order valence-corrected chi connectivity index (χ3v) is 3.55. The van der Waals surface area contributed by atoms with Crippen LogP contribution >= 0.6 is 0 Å². The van der Waals surface area contributed by atoms with E-state index in [4.69, 9.17) is 0 Å². The van der Waals surface area contributed by atoms with E-state index < -0.39 is 17.7 Å². The first-order chi connectivity index (χ1) is 6.23. The van der Waals surface area contributed by atoms with Crippen molar-refractivity contribution >= 4 is 6.09 Å². The second-order valence-corrected chi connectivity index (χ2v) is 5.13. The van der Waals surface area contributed by atoms with Gasteiger partial charge in [-0.3, -0.25) is 4.48 Å². The Morgan fingerprint density at radius 1 is 1.50 bits per heavy atom. The van der Waals surface area contributed by atoms with Crippen molar-refractivity contribution in [1.29, 1.82) is 0 Å². The number of carbonyl (C=O) groups excluding carboxylic acids is 1. The number of carbonyl (C=O) groups is 1. The number of aliphatic hydroxyl groups excluding tert-OH is 1. The summed E-state index contributed by atoms with van der Waals surface area (Å²) in [4.78, 5) is 11.3. The molecule has 0 aromatic rings. The van der Waals surface area contributed by atoms with Gasteiger partial charge in [0.05, 0.1) is 12.1 Å². The number of quaternary nitrogens is 1. The van der Waals surface area contributed by atoms with Crippen molar-refractivity contribution in [3.8, 4) is 0 Å². The van der Waals surface area contributed by atoms with Gasteiger partial charge in [0.2, 0.25) is 0 Å². The summed E-state index contributed by atoms with van der Waals surface area (Å²) >= 11 is 0. The number of carboxylic acid groups (broad SMARTS) is 1. The van der Waals surface area contributed by atoms with E-state index in [1.54, 1.807) is 6.92 Å². The van der Waals surface area contributed by atoms with Crippen LogP contribution in [0, 0.1) is 0 Å². The molecule has 1 aliphatic heterocycles. The van der Waals surface area contributed by atoms with Gasteiger partial charge < -0.3 is 15.0 Å². The number of hydrogen-bond donors (Lipinski definition) is 1. The highest BCUT2D eigenvalue weighted by atomic mass is 16.4. The van der Waals surface area contributed by atoms with Gasteiger partial charge in [-0.2, -0.15) is 0 Å². The van der Waals surface area contributed by atoms with Crippen LogP contribution in [0.1, 0.15) is 34.1 Å². The normalized spacial score (nSPS) is 38.6. The molecule has 0 radical (unpaired) electrons. The Kier molecular flexibility index (Phi) is 2.63. The summed E-state index contributed by atoms with van der Waals surface area (Å²) < 4.78 is -0.145. The lowest BCUT2D eigenvalue weighted by atomic mass is 10.00. The van der Waals surface area contributed by atoms with E-state index in [-0.39, 0.29) is 10.5 Å². The lowest BCUT2D eigenvalue weighted by Gasteiger charge is -2.48. The van der Waals surface area contributed by atoms with Crippen LogP contribution in [0.5, 0.6) is 0 Å². The first kappa shape index (κ1) is 11.5. The van der Waals surface area contributed by atoms with Crippen molar-refractivity contribution in [3.05, 3.63) is 0 Å². The minimum absolute atomic E-state index is 0.145. The number of nitrogens with zero attached hydrogens (tertiary/aromatic N) is 1. The number of rotatable bonds is 0. The summed E-state index contributed by atoms with van der Waals surface area (Å²) in [5.74, 6) is 0. The van der Waals surface area contributed by atoms with Gasteiger partial charge in [0.25, 0.3) is 6.09 Å². The van der Waals surface area contributed by atoms with Gasteiger partial charge >= 0.3 is 0 Å². The van der Waals surface area contributed by atoms with E-state index in [1.165, 1.54) is 0 Å². The Morgan fingerprint density at radius 2 is 2.00 bits per heavy atom. The van der Waals surface area contributed by atoms with Crippen LogP contribution in [0.3, 0.4) is 0 Å².